The Hall–Kier alpha value is -0.610. The maximum Gasteiger partial charge on any atom is 0.303 e. The first-order valence-corrected chi connectivity index (χ1v) is 6.58. The summed E-state index contributed by atoms with van der Waals surface area (Å²) in [6, 6.07) is 0. The van der Waals surface area contributed by atoms with Gasteiger partial charge in [0.25, 0.3) is 0 Å². The fourth-order valence-electron chi connectivity index (χ4n) is 3.13. The predicted octanol–water partition coefficient (Wildman–Crippen LogP) is 1.74. The lowest BCUT2D eigenvalue weighted by Gasteiger charge is -2.37. The highest BCUT2D eigenvalue weighted by molar-refractivity contribution is 5.67. The van der Waals surface area contributed by atoms with Gasteiger partial charge in [-0.25, -0.2) is 0 Å². The molecular formula is C13H23NO3. The van der Waals surface area contributed by atoms with Gasteiger partial charge < -0.3 is 9.84 Å². The number of hydrogen-bond donors (Lipinski definition) is 1. The summed E-state index contributed by atoms with van der Waals surface area (Å²) in [4.78, 5) is 13.3. The zero-order valence-electron chi connectivity index (χ0n) is 10.8. The van der Waals surface area contributed by atoms with Crippen LogP contribution in [0.1, 0.15) is 39.5 Å². The number of hydrogen-bond acceptors (Lipinski definition) is 3. The largest absolute Gasteiger partial charge is 0.481 e. The van der Waals surface area contributed by atoms with Gasteiger partial charge in [-0.3, -0.25) is 9.69 Å². The van der Waals surface area contributed by atoms with Crippen molar-refractivity contribution in [3.05, 3.63) is 0 Å². The second-order valence-corrected chi connectivity index (χ2v) is 5.82. The van der Waals surface area contributed by atoms with E-state index in [1.54, 1.807) is 0 Å². The van der Waals surface area contributed by atoms with E-state index in [-0.39, 0.29) is 17.9 Å². The molecule has 0 spiro atoms. The Kier molecular flexibility index (Phi) is 3.73. The van der Waals surface area contributed by atoms with Crippen molar-refractivity contribution in [1.82, 2.24) is 4.90 Å². The first kappa shape index (κ1) is 12.8. The first-order valence-electron chi connectivity index (χ1n) is 6.58. The molecule has 2 saturated heterocycles. The molecule has 0 radical (unpaired) electrons. The Morgan fingerprint density at radius 1 is 1.47 bits per heavy atom. The van der Waals surface area contributed by atoms with Crippen molar-refractivity contribution >= 4 is 5.97 Å². The monoisotopic (exact) mass is 241 g/mol. The average Bonchev–Trinajstić information content (AvgIpc) is 2.81. The fourth-order valence-corrected chi connectivity index (χ4v) is 3.13. The lowest BCUT2D eigenvalue weighted by atomic mass is 9.86. The van der Waals surface area contributed by atoms with Gasteiger partial charge >= 0.3 is 5.97 Å². The molecule has 2 aliphatic heterocycles. The molecule has 0 bridgehead atoms. The van der Waals surface area contributed by atoms with Crippen molar-refractivity contribution in [2.45, 2.75) is 51.2 Å². The van der Waals surface area contributed by atoms with E-state index >= 15 is 0 Å². The number of rotatable bonds is 4. The molecule has 2 fully saturated rings. The van der Waals surface area contributed by atoms with Crippen LogP contribution < -0.4 is 0 Å². The topological polar surface area (TPSA) is 49.8 Å². The second kappa shape index (κ2) is 4.94. The molecule has 1 N–H and O–H groups in total. The van der Waals surface area contributed by atoms with E-state index in [0.29, 0.717) is 6.10 Å². The molecule has 2 unspecified atom stereocenters. The zero-order valence-corrected chi connectivity index (χ0v) is 10.8. The Labute approximate surface area is 103 Å². The van der Waals surface area contributed by atoms with Crippen LogP contribution in [0.15, 0.2) is 0 Å². The lowest BCUT2D eigenvalue weighted by molar-refractivity contribution is -0.138. The van der Waals surface area contributed by atoms with Crippen LogP contribution in [0.3, 0.4) is 0 Å². The number of carboxylic acids is 1. The molecule has 2 rings (SSSR count). The summed E-state index contributed by atoms with van der Waals surface area (Å²) in [5, 5.41) is 8.93. The predicted molar refractivity (Wildman–Crippen MR) is 65.0 cm³/mol. The summed E-state index contributed by atoms with van der Waals surface area (Å²) in [7, 11) is 0. The Morgan fingerprint density at radius 3 is 2.82 bits per heavy atom. The number of likely N-dealkylation sites (tertiary alicyclic amines) is 1. The van der Waals surface area contributed by atoms with Crippen LogP contribution in [0, 0.1) is 5.92 Å². The van der Waals surface area contributed by atoms with Crippen LogP contribution in [-0.4, -0.2) is 47.3 Å². The van der Waals surface area contributed by atoms with E-state index in [1.807, 2.05) is 0 Å². The summed E-state index contributed by atoms with van der Waals surface area (Å²) in [5.74, 6) is -0.413. The van der Waals surface area contributed by atoms with Gasteiger partial charge in [-0.05, 0) is 45.6 Å². The molecule has 17 heavy (non-hydrogen) atoms. The number of carboxylic acid groups (broad SMARTS) is 1. The molecule has 0 aromatic carbocycles. The maximum absolute atomic E-state index is 10.9. The number of aliphatic carboxylic acids is 1. The molecule has 98 valence electrons. The minimum Gasteiger partial charge on any atom is -0.481 e. The van der Waals surface area contributed by atoms with E-state index in [1.165, 1.54) is 0 Å². The summed E-state index contributed by atoms with van der Waals surface area (Å²) < 4.78 is 5.67. The molecular weight excluding hydrogens is 218 g/mol. The highest BCUT2D eigenvalue weighted by Crippen LogP contribution is 2.37. The SMILES string of the molecule is CC1(C)C(CC(=O)O)CCN1CC1CCCO1. The van der Waals surface area contributed by atoms with Gasteiger partial charge in [0.1, 0.15) is 0 Å². The van der Waals surface area contributed by atoms with E-state index in [9.17, 15) is 4.79 Å². The highest BCUT2D eigenvalue weighted by Gasteiger charge is 2.42. The van der Waals surface area contributed by atoms with E-state index in [0.717, 1.165) is 39.0 Å². The van der Waals surface area contributed by atoms with Gasteiger partial charge in [0.05, 0.1) is 6.10 Å². The van der Waals surface area contributed by atoms with Crippen molar-refractivity contribution in [1.29, 1.82) is 0 Å². The molecule has 2 atom stereocenters. The van der Waals surface area contributed by atoms with Gasteiger partial charge in [-0.1, -0.05) is 0 Å². The number of ether oxygens (including phenoxy) is 1. The summed E-state index contributed by atoms with van der Waals surface area (Å²) in [6.07, 6.45) is 3.95. The molecule has 0 aromatic heterocycles. The van der Waals surface area contributed by atoms with Crippen LogP contribution in [0.25, 0.3) is 0 Å². The normalized spacial score (nSPS) is 33.1. The van der Waals surface area contributed by atoms with E-state index in [4.69, 9.17) is 9.84 Å². The standard InChI is InChI=1S/C13H23NO3/c1-13(2)10(8-12(15)16)5-6-14(13)9-11-4-3-7-17-11/h10-11H,3-9H2,1-2H3,(H,15,16). The molecule has 2 aliphatic rings. The zero-order chi connectivity index (χ0) is 12.5. The minimum atomic E-state index is -0.679. The number of carbonyl (C=O) groups is 1. The smallest absolute Gasteiger partial charge is 0.303 e. The first-order chi connectivity index (χ1) is 8.00. The Bertz CT molecular complexity index is 284. The molecule has 4 heteroatoms. The van der Waals surface area contributed by atoms with Gasteiger partial charge in [-0.15, -0.1) is 0 Å². The van der Waals surface area contributed by atoms with Crippen molar-refractivity contribution in [2.75, 3.05) is 19.7 Å². The molecule has 4 nitrogen and oxygen atoms in total. The molecule has 0 aromatic rings. The van der Waals surface area contributed by atoms with Crippen LogP contribution in [0.5, 0.6) is 0 Å². The third kappa shape index (κ3) is 2.80. The Morgan fingerprint density at radius 2 is 2.24 bits per heavy atom. The molecule has 0 amide bonds. The minimum absolute atomic E-state index is 0.00958. The third-order valence-corrected chi connectivity index (χ3v) is 4.43. The van der Waals surface area contributed by atoms with Crippen LogP contribution in [0.2, 0.25) is 0 Å². The lowest BCUT2D eigenvalue weighted by Crippen LogP contribution is -2.46. The van der Waals surface area contributed by atoms with Gasteiger partial charge in [-0.2, -0.15) is 0 Å². The van der Waals surface area contributed by atoms with Crippen molar-refractivity contribution in [2.24, 2.45) is 5.92 Å². The summed E-state index contributed by atoms with van der Waals surface area (Å²) in [5.41, 5.74) is -0.00958. The molecule has 0 aliphatic carbocycles. The summed E-state index contributed by atoms with van der Waals surface area (Å²) in [6.45, 7) is 7.19. The number of nitrogens with zero attached hydrogens (tertiary/aromatic N) is 1. The quantitative estimate of drug-likeness (QED) is 0.814. The van der Waals surface area contributed by atoms with Gasteiger partial charge in [0.2, 0.25) is 0 Å². The maximum atomic E-state index is 10.9. The van der Waals surface area contributed by atoms with Gasteiger partial charge in [0, 0.05) is 25.1 Å². The van der Waals surface area contributed by atoms with Crippen LogP contribution >= 0.6 is 0 Å². The van der Waals surface area contributed by atoms with Crippen LogP contribution in [-0.2, 0) is 9.53 Å². The molecule has 2 heterocycles. The summed E-state index contributed by atoms with van der Waals surface area (Å²) >= 11 is 0. The Balaban J connectivity index is 1.93. The highest BCUT2D eigenvalue weighted by atomic mass is 16.5. The van der Waals surface area contributed by atoms with Gasteiger partial charge in [0.15, 0.2) is 0 Å². The van der Waals surface area contributed by atoms with Crippen molar-refractivity contribution in [3.8, 4) is 0 Å². The van der Waals surface area contributed by atoms with Crippen molar-refractivity contribution < 1.29 is 14.6 Å². The van der Waals surface area contributed by atoms with Crippen LogP contribution in [0.4, 0.5) is 0 Å². The van der Waals surface area contributed by atoms with E-state index < -0.39 is 5.97 Å². The second-order valence-electron chi connectivity index (χ2n) is 5.82. The van der Waals surface area contributed by atoms with E-state index in [2.05, 4.69) is 18.7 Å². The fraction of sp³-hybridized carbons (Fsp3) is 0.923. The third-order valence-electron chi connectivity index (χ3n) is 4.43. The van der Waals surface area contributed by atoms with Crippen molar-refractivity contribution in [3.63, 3.8) is 0 Å². The average molecular weight is 241 g/mol. The molecule has 0 saturated carbocycles.